The van der Waals surface area contributed by atoms with Crippen LogP contribution in [0.5, 0.6) is 0 Å². The Morgan fingerprint density at radius 2 is 1.77 bits per heavy atom. The highest BCUT2D eigenvalue weighted by Gasteiger charge is 1.96. The van der Waals surface area contributed by atoms with Crippen molar-refractivity contribution in [3.05, 3.63) is 42.0 Å². The standard InChI is InChI=1S/C9H9NO.C2H6/c1-2-7-3-5-8(6-4-7)9(10)11;1-2/h2-6H,1H2,(H2,10,11);1-2H3. The largest absolute Gasteiger partial charge is 0.366 e. The van der Waals surface area contributed by atoms with Gasteiger partial charge in [-0.3, -0.25) is 4.79 Å². The summed E-state index contributed by atoms with van der Waals surface area (Å²) in [5.41, 5.74) is 6.55. The fourth-order valence-corrected chi connectivity index (χ4v) is 0.783. The van der Waals surface area contributed by atoms with Crippen LogP contribution in [0, 0.1) is 0 Å². The molecule has 2 heteroatoms. The third kappa shape index (κ3) is 3.56. The average Bonchev–Trinajstić information content (AvgIpc) is 2.21. The summed E-state index contributed by atoms with van der Waals surface area (Å²) in [5.74, 6) is -0.402. The Bertz CT molecular complexity index is 275. The van der Waals surface area contributed by atoms with E-state index in [1.165, 1.54) is 0 Å². The summed E-state index contributed by atoms with van der Waals surface area (Å²) in [6.07, 6.45) is 1.71. The van der Waals surface area contributed by atoms with Gasteiger partial charge in [0.15, 0.2) is 0 Å². The van der Waals surface area contributed by atoms with E-state index in [0.717, 1.165) is 5.56 Å². The van der Waals surface area contributed by atoms with Gasteiger partial charge in [-0.1, -0.05) is 38.6 Å². The van der Waals surface area contributed by atoms with Crippen molar-refractivity contribution in [2.45, 2.75) is 13.8 Å². The normalized spacial score (nSPS) is 8.15. The number of amides is 1. The molecule has 0 bridgehead atoms. The molecule has 0 radical (unpaired) electrons. The van der Waals surface area contributed by atoms with Crippen LogP contribution >= 0.6 is 0 Å². The molecule has 0 fully saturated rings. The summed E-state index contributed by atoms with van der Waals surface area (Å²) < 4.78 is 0. The maximum Gasteiger partial charge on any atom is 0.248 e. The first-order valence-corrected chi connectivity index (χ1v) is 4.26. The summed E-state index contributed by atoms with van der Waals surface area (Å²) in [6.45, 7) is 7.59. The molecular weight excluding hydrogens is 162 g/mol. The number of benzene rings is 1. The molecule has 1 rings (SSSR count). The topological polar surface area (TPSA) is 43.1 Å². The van der Waals surface area contributed by atoms with E-state index in [9.17, 15) is 4.79 Å². The molecule has 0 aliphatic rings. The Hall–Kier alpha value is -1.57. The van der Waals surface area contributed by atoms with Crippen molar-refractivity contribution in [3.8, 4) is 0 Å². The Kier molecular flexibility index (Phi) is 5.28. The minimum absolute atomic E-state index is 0.402. The van der Waals surface area contributed by atoms with Crippen molar-refractivity contribution in [1.82, 2.24) is 0 Å². The third-order valence-electron chi connectivity index (χ3n) is 1.43. The van der Waals surface area contributed by atoms with E-state index in [2.05, 4.69) is 6.58 Å². The molecular formula is C11H15NO. The highest BCUT2D eigenvalue weighted by molar-refractivity contribution is 5.92. The van der Waals surface area contributed by atoms with Crippen molar-refractivity contribution in [1.29, 1.82) is 0 Å². The maximum absolute atomic E-state index is 10.6. The molecule has 0 heterocycles. The quantitative estimate of drug-likeness (QED) is 0.740. The van der Waals surface area contributed by atoms with Gasteiger partial charge in [-0.2, -0.15) is 0 Å². The zero-order chi connectivity index (χ0) is 10.3. The van der Waals surface area contributed by atoms with Gasteiger partial charge in [0.05, 0.1) is 0 Å². The predicted octanol–water partition coefficient (Wildman–Crippen LogP) is 2.45. The molecule has 2 N–H and O–H groups in total. The molecule has 2 nitrogen and oxygen atoms in total. The van der Waals surface area contributed by atoms with Gasteiger partial charge in [-0.05, 0) is 17.7 Å². The van der Waals surface area contributed by atoms with Crippen LogP contribution in [0.4, 0.5) is 0 Å². The minimum atomic E-state index is -0.402. The number of primary amides is 1. The van der Waals surface area contributed by atoms with Crippen LogP contribution in [0.2, 0.25) is 0 Å². The Morgan fingerprint density at radius 1 is 1.31 bits per heavy atom. The minimum Gasteiger partial charge on any atom is -0.366 e. The fourth-order valence-electron chi connectivity index (χ4n) is 0.783. The van der Waals surface area contributed by atoms with Crippen molar-refractivity contribution >= 4 is 12.0 Å². The Morgan fingerprint density at radius 3 is 2.08 bits per heavy atom. The van der Waals surface area contributed by atoms with Crippen LogP contribution in [-0.2, 0) is 0 Å². The van der Waals surface area contributed by atoms with Crippen LogP contribution < -0.4 is 5.73 Å². The third-order valence-corrected chi connectivity index (χ3v) is 1.43. The van der Waals surface area contributed by atoms with Crippen LogP contribution in [0.1, 0.15) is 29.8 Å². The monoisotopic (exact) mass is 177 g/mol. The molecule has 70 valence electrons. The second-order valence-corrected chi connectivity index (χ2v) is 2.19. The van der Waals surface area contributed by atoms with Gasteiger partial charge >= 0.3 is 0 Å². The molecule has 0 saturated carbocycles. The van der Waals surface area contributed by atoms with Crippen molar-refractivity contribution in [2.75, 3.05) is 0 Å². The van der Waals surface area contributed by atoms with E-state index >= 15 is 0 Å². The van der Waals surface area contributed by atoms with Gasteiger partial charge in [-0.25, -0.2) is 0 Å². The number of rotatable bonds is 2. The number of nitrogens with two attached hydrogens (primary N) is 1. The SMILES string of the molecule is C=Cc1ccc(C(N)=O)cc1.CC. The van der Waals surface area contributed by atoms with E-state index in [1.807, 2.05) is 13.8 Å². The van der Waals surface area contributed by atoms with E-state index < -0.39 is 5.91 Å². The molecule has 0 aliphatic carbocycles. The summed E-state index contributed by atoms with van der Waals surface area (Å²) >= 11 is 0. The lowest BCUT2D eigenvalue weighted by atomic mass is 10.1. The molecule has 1 amide bonds. The lowest BCUT2D eigenvalue weighted by Gasteiger charge is -1.94. The van der Waals surface area contributed by atoms with Gasteiger partial charge in [0.2, 0.25) is 5.91 Å². The number of hydrogen-bond acceptors (Lipinski definition) is 1. The van der Waals surface area contributed by atoms with Crippen LogP contribution in [-0.4, -0.2) is 5.91 Å². The number of carbonyl (C=O) groups is 1. The number of hydrogen-bond donors (Lipinski definition) is 1. The van der Waals surface area contributed by atoms with Gasteiger partial charge in [0.1, 0.15) is 0 Å². The molecule has 1 aromatic rings. The van der Waals surface area contributed by atoms with Crippen molar-refractivity contribution < 1.29 is 4.79 Å². The molecule has 0 unspecified atom stereocenters. The first-order chi connectivity index (χ1) is 6.24. The summed E-state index contributed by atoms with van der Waals surface area (Å²) in [7, 11) is 0. The fraction of sp³-hybridized carbons (Fsp3) is 0.182. The molecule has 0 aliphatic heterocycles. The van der Waals surface area contributed by atoms with E-state index in [-0.39, 0.29) is 0 Å². The van der Waals surface area contributed by atoms with Crippen molar-refractivity contribution in [3.63, 3.8) is 0 Å². The molecule has 13 heavy (non-hydrogen) atoms. The Balaban J connectivity index is 0.000000671. The first kappa shape index (κ1) is 11.4. The van der Waals surface area contributed by atoms with E-state index in [0.29, 0.717) is 5.56 Å². The molecule has 0 spiro atoms. The van der Waals surface area contributed by atoms with Crippen LogP contribution in [0.25, 0.3) is 6.08 Å². The van der Waals surface area contributed by atoms with Crippen LogP contribution in [0.3, 0.4) is 0 Å². The lowest BCUT2D eigenvalue weighted by Crippen LogP contribution is -2.10. The lowest BCUT2D eigenvalue weighted by molar-refractivity contribution is 0.100. The Labute approximate surface area is 79.1 Å². The maximum atomic E-state index is 10.6. The first-order valence-electron chi connectivity index (χ1n) is 4.26. The molecule has 0 atom stereocenters. The zero-order valence-electron chi connectivity index (χ0n) is 8.08. The van der Waals surface area contributed by atoms with Gasteiger partial charge in [0, 0.05) is 5.56 Å². The van der Waals surface area contributed by atoms with E-state index in [1.54, 1.807) is 30.3 Å². The molecule has 1 aromatic carbocycles. The summed E-state index contributed by atoms with van der Waals surface area (Å²) in [5, 5.41) is 0. The number of carbonyl (C=O) groups excluding carboxylic acids is 1. The predicted molar refractivity (Wildman–Crippen MR) is 56.4 cm³/mol. The highest BCUT2D eigenvalue weighted by atomic mass is 16.1. The second-order valence-electron chi connectivity index (χ2n) is 2.19. The molecule has 0 aromatic heterocycles. The smallest absolute Gasteiger partial charge is 0.248 e. The highest BCUT2D eigenvalue weighted by Crippen LogP contribution is 2.03. The van der Waals surface area contributed by atoms with Gasteiger partial charge in [-0.15, -0.1) is 0 Å². The van der Waals surface area contributed by atoms with Gasteiger partial charge < -0.3 is 5.73 Å². The second kappa shape index (κ2) is 6.00. The van der Waals surface area contributed by atoms with Crippen LogP contribution in [0.15, 0.2) is 30.8 Å². The van der Waals surface area contributed by atoms with E-state index in [4.69, 9.17) is 5.73 Å². The molecule has 0 saturated heterocycles. The van der Waals surface area contributed by atoms with Gasteiger partial charge in [0.25, 0.3) is 0 Å². The zero-order valence-corrected chi connectivity index (χ0v) is 8.08. The van der Waals surface area contributed by atoms with Crippen molar-refractivity contribution in [2.24, 2.45) is 5.73 Å². The summed E-state index contributed by atoms with van der Waals surface area (Å²) in [4.78, 5) is 10.6. The summed E-state index contributed by atoms with van der Waals surface area (Å²) in [6, 6.07) is 6.96. The average molecular weight is 177 g/mol.